The molecule has 0 bridgehead atoms. The van der Waals surface area contributed by atoms with Crippen LogP contribution in [0.25, 0.3) is 11.2 Å². The van der Waals surface area contributed by atoms with Crippen LogP contribution in [0.5, 0.6) is 0 Å². The van der Waals surface area contributed by atoms with Gasteiger partial charge in [0.1, 0.15) is 18.3 Å². The number of nitrogens with one attached hydrogen (secondary N) is 1. The van der Waals surface area contributed by atoms with E-state index in [2.05, 4.69) is 20.3 Å². The van der Waals surface area contributed by atoms with Crippen LogP contribution in [-0.4, -0.2) is 66.3 Å². The van der Waals surface area contributed by atoms with Crippen LogP contribution in [-0.2, 0) is 4.74 Å². The third-order valence-electron chi connectivity index (χ3n) is 4.01. The van der Waals surface area contributed by atoms with Gasteiger partial charge in [0.25, 0.3) is 0 Å². The fourth-order valence-corrected chi connectivity index (χ4v) is 2.70. The molecule has 1 aliphatic heterocycles. The Morgan fingerprint density at radius 2 is 2.12 bits per heavy atom. The maximum absolute atomic E-state index is 10.2. The van der Waals surface area contributed by atoms with Gasteiger partial charge >= 0.3 is 0 Å². The summed E-state index contributed by atoms with van der Waals surface area (Å²) in [6.07, 6.45) is -0.822. The van der Waals surface area contributed by atoms with Gasteiger partial charge in [0.15, 0.2) is 23.2 Å². The standard InChI is InChI=1S/C15H22N6O4/c1-7(2)3-4-17-12-9-13(20-15(16)19-12)21(6-18-9)14-11(24)10(23)8(5-22)25-14/h3,6,8,10-11,14,22-24H,4-5H2,1-2H3,(H3,16,17,19,20)/t8-,10-,11-,14-/m1/s1. The average Bonchev–Trinajstić information content (AvgIpc) is 3.09. The number of nitrogen functional groups attached to an aromatic ring is 1. The summed E-state index contributed by atoms with van der Waals surface area (Å²) < 4.78 is 7.00. The van der Waals surface area contributed by atoms with E-state index in [1.807, 2.05) is 19.9 Å². The molecule has 1 fully saturated rings. The first kappa shape index (κ1) is 17.5. The Morgan fingerprint density at radius 1 is 1.36 bits per heavy atom. The minimum Gasteiger partial charge on any atom is -0.394 e. The van der Waals surface area contributed by atoms with Crippen molar-refractivity contribution in [3.05, 3.63) is 18.0 Å². The lowest BCUT2D eigenvalue weighted by Crippen LogP contribution is -2.33. The molecule has 2 aromatic heterocycles. The van der Waals surface area contributed by atoms with Crippen LogP contribution >= 0.6 is 0 Å². The topological polar surface area (TPSA) is 152 Å². The number of aliphatic hydroxyl groups excluding tert-OH is 3. The molecule has 0 amide bonds. The Labute approximate surface area is 144 Å². The molecule has 1 saturated heterocycles. The van der Waals surface area contributed by atoms with Gasteiger partial charge in [-0.05, 0) is 13.8 Å². The second-order valence-corrected chi connectivity index (χ2v) is 6.15. The molecule has 0 aliphatic carbocycles. The number of allylic oxidation sites excluding steroid dienone is 1. The van der Waals surface area contributed by atoms with Crippen molar-refractivity contribution in [2.75, 3.05) is 24.2 Å². The van der Waals surface area contributed by atoms with Gasteiger partial charge in [-0.2, -0.15) is 9.97 Å². The van der Waals surface area contributed by atoms with Crippen LogP contribution in [0, 0.1) is 0 Å². The molecule has 0 unspecified atom stereocenters. The number of nitrogens with zero attached hydrogens (tertiary/aromatic N) is 4. The molecule has 0 saturated carbocycles. The zero-order valence-corrected chi connectivity index (χ0v) is 14.0. The number of fused-ring (bicyclic) bond motifs is 1. The summed E-state index contributed by atoms with van der Waals surface area (Å²) in [5.41, 5.74) is 7.77. The second-order valence-electron chi connectivity index (χ2n) is 6.15. The molecule has 25 heavy (non-hydrogen) atoms. The fourth-order valence-electron chi connectivity index (χ4n) is 2.70. The number of aliphatic hydroxyl groups is 3. The number of anilines is 2. The third-order valence-corrected chi connectivity index (χ3v) is 4.01. The molecule has 3 heterocycles. The van der Waals surface area contributed by atoms with Crippen molar-refractivity contribution >= 4 is 22.9 Å². The van der Waals surface area contributed by atoms with E-state index in [9.17, 15) is 15.3 Å². The first-order valence-electron chi connectivity index (χ1n) is 7.92. The van der Waals surface area contributed by atoms with E-state index in [1.165, 1.54) is 10.9 Å². The van der Waals surface area contributed by atoms with Crippen LogP contribution in [0.3, 0.4) is 0 Å². The number of imidazole rings is 1. The lowest BCUT2D eigenvalue weighted by Gasteiger charge is -2.16. The predicted octanol–water partition coefficient (Wildman–Crippen LogP) is -0.602. The molecule has 136 valence electrons. The molecule has 3 rings (SSSR count). The monoisotopic (exact) mass is 350 g/mol. The summed E-state index contributed by atoms with van der Waals surface area (Å²) >= 11 is 0. The second kappa shape index (κ2) is 6.92. The lowest BCUT2D eigenvalue weighted by atomic mass is 10.1. The minimum atomic E-state index is -1.23. The maximum atomic E-state index is 10.2. The molecule has 0 radical (unpaired) electrons. The zero-order chi connectivity index (χ0) is 18.1. The molecule has 1 aliphatic rings. The number of nitrogens with two attached hydrogens (primary N) is 1. The van der Waals surface area contributed by atoms with Gasteiger partial charge in [0.2, 0.25) is 5.95 Å². The van der Waals surface area contributed by atoms with Crippen LogP contribution in [0.4, 0.5) is 11.8 Å². The van der Waals surface area contributed by atoms with Crippen molar-refractivity contribution in [1.82, 2.24) is 19.5 Å². The number of ether oxygens (including phenoxy) is 1. The van der Waals surface area contributed by atoms with Crippen molar-refractivity contribution < 1.29 is 20.1 Å². The van der Waals surface area contributed by atoms with Crippen molar-refractivity contribution in [2.24, 2.45) is 0 Å². The summed E-state index contributed by atoms with van der Waals surface area (Å²) in [6, 6.07) is 0. The highest BCUT2D eigenvalue weighted by molar-refractivity contribution is 5.84. The lowest BCUT2D eigenvalue weighted by molar-refractivity contribution is -0.0511. The third kappa shape index (κ3) is 3.29. The Hall–Kier alpha value is -2.27. The van der Waals surface area contributed by atoms with Gasteiger partial charge in [0, 0.05) is 6.54 Å². The quantitative estimate of drug-likeness (QED) is 0.445. The van der Waals surface area contributed by atoms with Gasteiger partial charge in [-0.25, -0.2) is 4.98 Å². The summed E-state index contributed by atoms with van der Waals surface area (Å²) in [6.45, 7) is 4.12. The van der Waals surface area contributed by atoms with Crippen LogP contribution < -0.4 is 11.1 Å². The molecule has 4 atom stereocenters. The highest BCUT2D eigenvalue weighted by atomic mass is 16.6. The van der Waals surface area contributed by atoms with Crippen LogP contribution in [0.15, 0.2) is 18.0 Å². The van der Waals surface area contributed by atoms with Gasteiger partial charge in [-0.1, -0.05) is 11.6 Å². The summed E-state index contributed by atoms with van der Waals surface area (Å²) in [5.74, 6) is 0.506. The summed E-state index contributed by atoms with van der Waals surface area (Å²) in [5, 5.41) is 32.5. The Morgan fingerprint density at radius 3 is 2.76 bits per heavy atom. The molecule has 0 aromatic carbocycles. The van der Waals surface area contributed by atoms with Gasteiger partial charge in [-0.3, -0.25) is 4.57 Å². The fraction of sp³-hybridized carbons (Fsp3) is 0.533. The molecule has 6 N–H and O–H groups in total. The molecule has 0 spiro atoms. The van der Waals surface area contributed by atoms with Crippen LogP contribution in [0.2, 0.25) is 0 Å². The van der Waals surface area contributed by atoms with E-state index in [0.717, 1.165) is 5.57 Å². The van der Waals surface area contributed by atoms with Crippen LogP contribution in [0.1, 0.15) is 20.1 Å². The van der Waals surface area contributed by atoms with Crippen molar-refractivity contribution in [3.63, 3.8) is 0 Å². The molecule has 2 aromatic rings. The van der Waals surface area contributed by atoms with Gasteiger partial charge in [-0.15, -0.1) is 0 Å². The highest BCUT2D eigenvalue weighted by Gasteiger charge is 2.44. The van der Waals surface area contributed by atoms with E-state index in [4.69, 9.17) is 10.5 Å². The molecular formula is C15H22N6O4. The SMILES string of the molecule is CC(C)=CCNc1nc(N)nc2c1ncn2[C@@H]1O[C@H](CO)[C@@H](O)[C@H]1O. The minimum absolute atomic E-state index is 0.0423. The van der Waals surface area contributed by atoms with Crippen molar-refractivity contribution in [2.45, 2.75) is 38.4 Å². The zero-order valence-electron chi connectivity index (χ0n) is 14.0. The molecule has 10 heteroatoms. The van der Waals surface area contributed by atoms with E-state index >= 15 is 0 Å². The van der Waals surface area contributed by atoms with E-state index in [1.54, 1.807) is 0 Å². The van der Waals surface area contributed by atoms with Gasteiger partial charge in [0.05, 0.1) is 12.9 Å². The molecule has 10 nitrogen and oxygen atoms in total. The summed E-state index contributed by atoms with van der Waals surface area (Å²) in [4.78, 5) is 12.6. The Bertz CT molecular complexity index is 788. The largest absolute Gasteiger partial charge is 0.394 e. The predicted molar refractivity (Wildman–Crippen MR) is 90.7 cm³/mol. The number of aromatic nitrogens is 4. The first-order chi connectivity index (χ1) is 11.9. The van der Waals surface area contributed by atoms with Crippen molar-refractivity contribution in [1.29, 1.82) is 0 Å². The maximum Gasteiger partial charge on any atom is 0.224 e. The Balaban J connectivity index is 1.96. The highest BCUT2D eigenvalue weighted by Crippen LogP contribution is 2.32. The molecular weight excluding hydrogens is 328 g/mol. The van der Waals surface area contributed by atoms with Crippen molar-refractivity contribution in [3.8, 4) is 0 Å². The number of hydrogen-bond donors (Lipinski definition) is 5. The average molecular weight is 350 g/mol. The van der Waals surface area contributed by atoms with Gasteiger partial charge < -0.3 is 31.1 Å². The first-order valence-corrected chi connectivity index (χ1v) is 7.92. The normalized spacial score (nSPS) is 26.1. The number of rotatable bonds is 5. The number of hydrogen-bond acceptors (Lipinski definition) is 9. The smallest absolute Gasteiger partial charge is 0.224 e. The Kier molecular flexibility index (Phi) is 4.86. The van der Waals surface area contributed by atoms with E-state index < -0.39 is 31.1 Å². The van der Waals surface area contributed by atoms with E-state index in [-0.39, 0.29) is 5.95 Å². The van der Waals surface area contributed by atoms with E-state index in [0.29, 0.717) is 23.5 Å². The summed E-state index contributed by atoms with van der Waals surface area (Å²) in [7, 11) is 0.